The van der Waals surface area contributed by atoms with E-state index in [-0.39, 0.29) is 0 Å². The van der Waals surface area contributed by atoms with E-state index < -0.39 is 0 Å². The van der Waals surface area contributed by atoms with E-state index in [0.29, 0.717) is 0 Å². The minimum Gasteiger partial charge on any atom is -0.348 e. The highest BCUT2D eigenvalue weighted by Crippen LogP contribution is 2.30. The molecular formula is C15H18N2S. The van der Waals surface area contributed by atoms with Gasteiger partial charge in [0.15, 0.2) is 5.13 Å². The zero-order valence-corrected chi connectivity index (χ0v) is 11.5. The van der Waals surface area contributed by atoms with Crippen LogP contribution in [0.2, 0.25) is 0 Å². The van der Waals surface area contributed by atoms with Gasteiger partial charge >= 0.3 is 0 Å². The van der Waals surface area contributed by atoms with Gasteiger partial charge in [0, 0.05) is 24.0 Å². The van der Waals surface area contributed by atoms with E-state index >= 15 is 0 Å². The first-order valence-corrected chi connectivity index (χ1v) is 7.47. The summed E-state index contributed by atoms with van der Waals surface area (Å²) >= 11 is 1.77. The fourth-order valence-corrected chi connectivity index (χ4v) is 3.39. The number of thiazole rings is 1. The molecule has 3 rings (SSSR count). The summed E-state index contributed by atoms with van der Waals surface area (Å²) in [5.74, 6) is 0.794. The van der Waals surface area contributed by atoms with E-state index in [1.165, 1.54) is 23.5 Å². The molecule has 0 bridgehead atoms. The van der Waals surface area contributed by atoms with E-state index in [2.05, 4.69) is 41.5 Å². The topological polar surface area (TPSA) is 16.1 Å². The summed E-state index contributed by atoms with van der Waals surface area (Å²) in [5.41, 5.74) is 2.32. The van der Waals surface area contributed by atoms with E-state index in [1.54, 1.807) is 11.3 Å². The van der Waals surface area contributed by atoms with Crippen molar-refractivity contribution in [2.45, 2.75) is 19.8 Å². The van der Waals surface area contributed by atoms with Crippen molar-refractivity contribution in [1.29, 1.82) is 0 Å². The first-order valence-electron chi connectivity index (χ1n) is 6.59. The molecular weight excluding hydrogens is 240 g/mol. The quantitative estimate of drug-likeness (QED) is 0.808. The normalized spacial score (nSPS) is 20.1. The van der Waals surface area contributed by atoms with Crippen LogP contribution in [0.25, 0.3) is 11.3 Å². The molecule has 0 amide bonds. The molecule has 2 nitrogen and oxygen atoms in total. The maximum absolute atomic E-state index is 4.78. The molecule has 18 heavy (non-hydrogen) atoms. The second kappa shape index (κ2) is 5.11. The molecule has 94 valence electrons. The molecule has 3 heteroatoms. The van der Waals surface area contributed by atoms with Crippen LogP contribution in [-0.4, -0.2) is 18.1 Å². The van der Waals surface area contributed by atoms with Crippen molar-refractivity contribution in [3.8, 4) is 11.3 Å². The fraction of sp³-hybridized carbons (Fsp3) is 0.400. The van der Waals surface area contributed by atoms with Crippen molar-refractivity contribution in [3.05, 3.63) is 35.7 Å². The van der Waals surface area contributed by atoms with Crippen LogP contribution in [0.15, 0.2) is 35.7 Å². The highest BCUT2D eigenvalue weighted by molar-refractivity contribution is 7.14. The number of aromatic nitrogens is 1. The standard InChI is InChI=1S/C15H18N2S/c1-12-6-5-9-17(10-12)15-16-14(11-18-15)13-7-3-2-4-8-13/h2-4,7-8,11-12H,5-6,9-10H2,1H3. The second-order valence-corrected chi connectivity index (χ2v) is 5.91. The lowest BCUT2D eigenvalue weighted by atomic mass is 10.0. The summed E-state index contributed by atoms with van der Waals surface area (Å²) in [4.78, 5) is 7.22. The summed E-state index contributed by atoms with van der Waals surface area (Å²) < 4.78 is 0. The minimum atomic E-state index is 0.794. The smallest absolute Gasteiger partial charge is 0.185 e. The van der Waals surface area contributed by atoms with Crippen LogP contribution < -0.4 is 4.90 Å². The Hall–Kier alpha value is -1.35. The van der Waals surface area contributed by atoms with Crippen molar-refractivity contribution in [3.63, 3.8) is 0 Å². The predicted octanol–water partition coefficient (Wildman–Crippen LogP) is 4.05. The molecule has 2 heterocycles. The Morgan fingerprint density at radius 2 is 2.11 bits per heavy atom. The molecule has 0 spiro atoms. The van der Waals surface area contributed by atoms with Gasteiger partial charge in [-0.3, -0.25) is 0 Å². The summed E-state index contributed by atoms with van der Waals surface area (Å²) in [7, 11) is 0. The summed E-state index contributed by atoms with van der Waals surface area (Å²) in [6.45, 7) is 4.64. The molecule has 1 saturated heterocycles. The van der Waals surface area contributed by atoms with E-state index in [9.17, 15) is 0 Å². The number of nitrogens with zero attached hydrogens (tertiary/aromatic N) is 2. The van der Waals surface area contributed by atoms with Gasteiger partial charge in [-0.05, 0) is 18.8 Å². The number of hydrogen-bond acceptors (Lipinski definition) is 3. The molecule has 0 saturated carbocycles. The Morgan fingerprint density at radius 1 is 1.28 bits per heavy atom. The fourth-order valence-electron chi connectivity index (χ4n) is 2.51. The van der Waals surface area contributed by atoms with Gasteiger partial charge in [-0.1, -0.05) is 37.3 Å². The van der Waals surface area contributed by atoms with Gasteiger partial charge in [-0.15, -0.1) is 11.3 Å². The number of benzene rings is 1. The Balaban J connectivity index is 1.81. The third-order valence-corrected chi connectivity index (χ3v) is 4.39. The van der Waals surface area contributed by atoms with Gasteiger partial charge in [-0.2, -0.15) is 0 Å². The predicted molar refractivity (Wildman–Crippen MR) is 78.2 cm³/mol. The lowest BCUT2D eigenvalue weighted by Crippen LogP contribution is -2.34. The van der Waals surface area contributed by atoms with Crippen molar-refractivity contribution >= 4 is 16.5 Å². The third kappa shape index (κ3) is 2.41. The first-order chi connectivity index (χ1) is 8.83. The van der Waals surface area contributed by atoms with Crippen molar-refractivity contribution in [2.24, 2.45) is 5.92 Å². The monoisotopic (exact) mass is 258 g/mol. The number of rotatable bonds is 2. The molecule has 2 aromatic rings. The number of anilines is 1. The summed E-state index contributed by atoms with van der Waals surface area (Å²) in [6, 6.07) is 10.4. The van der Waals surface area contributed by atoms with Crippen LogP contribution in [-0.2, 0) is 0 Å². The van der Waals surface area contributed by atoms with Crippen LogP contribution in [0, 0.1) is 5.92 Å². The molecule has 1 aliphatic rings. The summed E-state index contributed by atoms with van der Waals surface area (Å²) in [5, 5.41) is 3.35. The van der Waals surface area contributed by atoms with Crippen molar-refractivity contribution in [2.75, 3.05) is 18.0 Å². The molecule has 0 aliphatic carbocycles. The van der Waals surface area contributed by atoms with Crippen LogP contribution in [0.4, 0.5) is 5.13 Å². The molecule has 0 N–H and O–H groups in total. The molecule has 1 aliphatic heterocycles. The second-order valence-electron chi connectivity index (χ2n) is 5.07. The van der Waals surface area contributed by atoms with E-state index in [1.807, 2.05) is 6.07 Å². The maximum atomic E-state index is 4.78. The average molecular weight is 258 g/mol. The SMILES string of the molecule is CC1CCCN(c2nc(-c3ccccc3)cs2)C1. The third-order valence-electron chi connectivity index (χ3n) is 3.49. The lowest BCUT2D eigenvalue weighted by molar-refractivity contribution is 0.446. The molecule has 0 radical (unpaired) electrons. The zero-order chi connectivity index (χ0) is 12.4. The van der Waals surface area contributed by atoms with Crippen molar-refractivity contribution < 1.29 is 0 Å². The maximum Gasteiger partial charge on any atom is 0.185 e. The van der Waals surface area contributed by atoms with E-state index in [0.717, 1.165) is 24.7 Å². The average Bonchev–Trinajstić information content (AvgIpc) is 2.89. The van der Waals surface area contributed by atoms with Crippen LogP contribution in [0.1, 0.15) is 19.8 Å². The van der Waals surface area contributed by atoms with Gasteiger partial charge < -0.3 is 4.90 Å². The van der Waals surface area contributed by atoms with Crippen LogP contribution in [0.3, 0.4) is 0 Å². The highest BCUT2D eigenvalue weighted by atomic mass is 32.1. The Morgan fingerprint density at radius 3 is 2.89 bits per heavy atom. The highest BCUT2D eigenvalue weighted by Gasteiger charge is 2.19. The minimum absolute atomic E-state index is 0.794. The molecule has 1 atom stereocenters. The van der Waals surface area contributed by atoms with Gasteiger partial charge in [0.1, 0.15) is 0 Å². The van der Waals surface area contributed by atoms with Gasteiger partial charge in [0.2, 0.25) is 0 Å². The van der Waals surface area contributed by atoms with Gasteiger partial charge in [-0.25, -0.2) is 4.98 Å². The number of piperidine rings is 1. The van der Waals surface area contributed by atoms with Crippen molar-refractivity contribution in [1.82, 2.24) is 4.98 Å². The van der Waals surface area contributed by atoms with E-state index in [4.69, 9.17) is 4.98 Å². The molecule has 1 fully saturated rings. The molecule has 1 aromatic heterocycles. The Bertz CT molecular complexity index is 506. The van der Waals surface area contributed by atoms with Crippen LogP contribution >= 0.6 is 11.3 Å². The van der Waals surface area contributed by atoms with Crippen LogP contribution in [0.5, 0.6) is 0 Å². The number of hydrogen-bond donors (Lipinski definition) is 0. The van der Waals surface area contributed by atoms with Gasteiger partial charge in [0.25, 0.3) is 0 Å². The molecule has 1 unspecified atom stereocenters. The zero-order valence-electron chi connectivity index (χ0n) is 10.7. The lowest BCUT2D eigenvalue weighted by Gasteiger charge is -2.30. The first kappa shape index (κ1) is 11.7. The largest absolute Gasteiger partial charge is 0.348 e. The molecule has 1 aromatic carbocycles. The van der Waals surface area contributed by atoms with Gasteiger partial charge in [0.05, 0.1) is 5.69 Å². The summed E-state index contributed by atoms with van der Waals surface area (Å²) in [6.07, 6.45) is 2.65. The Labute approximate surface area is 112 Å². The Kier molecular flexibility index (Phi) is 3.33.